The standard InChI is InChI=1S/C15H16N2O4/c1-2-21-15(19)12-8-17(10-5-7-20-9-10)14-11(13(12)18)4-3-6-16-14/h3-4,6,8,10H,2,5,7,9H2,1H3/t10-/m0/s1. The van der Waals surface area contributed by atoms with Crippen LogP contribution in [0.15, 0.2) is 29.3 Å². The van der Waals surface area contributed by atoms with E-state index in [2.05, 4.69) is 4.98 Å². The molecule has 1 aliphatic rings. The Bertz CT molecular complexity index is 732. The number of hydrogen-bond donors (Lipinski definition) is 0. The molecule has 0 spiro atoms. The van der Waals surface area contributed by atoms with Gasteiger partial charge in [0.05, 0.1) is 24.6 Å². The Morgan fingerprint density at radius 1 is 1.57 bits per heavy atom. The van der Waals surface area contributed by atoms with Crippen LogP contribution in [0.2, 0.25) is 0 Å². The highest BCUT2D eigenvalue weighted by Crippen LogP contribution is 2.22. The molecule has 2 aromatic heterocycles. The quantitative estimate of drug-likeness (QED) is 0.801. The topological polar surface area (TPSA) is 70.4 Å². The fraction of sp³-hybridized carbons (Fsp3) is 0.400. The molecule has 6 heteroatoms. The van der Waals surface area contributed by atoms with Gasteiger partial charge >= 0.3 is 5.97 Å². The van der Waals surface area contributed by atoms with Crippen molar-refractivity contribution < 1.29 is 14.3 Å². The predicted octanol–water partition coefficient (Wildman–Crippen LogP) is 1.53. The van der Waals surface area contributed by atoms with Crippen molar-refractivity contribution in [2.24, 2.45) is 0 Å². The van der Waals surface area contributed by atoms with Crippen LogP contribution in [0.4, 0.5) is 0 Å². The smallest absolute Gasteiger partial charge is 0.343 e. The second-order valence-electron chi connectivity index (χ2n) is 4.89. The van der Waals surface area contributed by atoms with Crippen LogP contribution in [-0.2, 0) is 9.47 Å². The zero-order chi connectivity index (χ0) is 14.8. The maximum absolute atomic E-state index is 12.4. The van der Waals surface area contributed by atoms with Gasteiger partial charge in [0.25, 0.3) is 0 Å². The van der Waals surface area contributed by atoms with Crippen LogP contribution in [-0.4, -0.2) is 35.3 Å². The molecule has 1 atom stereocenters. The highest BCUT2D eigenvalue weighted by atomic mass is 16.5. The van der Waals surface area contributed by atoms with Crippen LogP contribution in [0.5, 0.6) is 0 Å². The summed E-state index contributed by atoms with van der Waals surface area (Å²) in [5.41, 5.74) is 0.280. The summed E-state index contributed by atoms with van der Waals surface area (Å²) in [7, 11) is 0. The van der Waals surface area contributed by atoms with Crippen LogP contribution < -0.4 is 5.43 Å². The second kappa shape index (κ2) is 5.65. The summed E-state index contributed by atoms with van der Waals surface area (Å²) >= 11 is 0. The molecule has 1 fully saturated rings. The normalized spacial score (nSPS) is 18.0. The fourth-order valence-corrected chi connectivity index (χ4v) is 2.56. The molecule has 0 radical (unpaired) electrons. The summed E-state index contributed by atoms with van der Waals surface area (Å²) in [6, 6.07) is 3.45. The minimum Gasteiger partial charge on any atom is -0.462 e. The van der Waals surface area contributed by atoms with Gasteiger partial charge in [0.15, 0.2) is 0 Å². The number of pyridine rings is 2. The molecule has 0 unspecified atom stereocenters. The fourth-order valence-electron chi connectivity index (χ4n) is 2.56. The molecule has 3 rings (SSSR count). The van der Waals surface area contributed by atoms with Crippen molar-refractivity contribution in [2.45, 2.75) is 19.4 Å². The number of fused-ring (bicyclic) bond motifs is 1. The maximum Gasteiger partial charge on any atom is 0.343 e. The van der Waals surface area contributed by atoms with Gasteiger partial charge in [-0.05, 0) is 25.5 Å². The molecule has 0 N–H and O–H groups in total. The van der Waals surface area contributed by atoms with Gasteiger partial charge in [0.1, 0.15) is 11.2 Å². The largest absolute Gasteiger partial charge is 0.462 e. The number of carbonyl (C=O) groups excluding carboxylic acids is 1. The number of aromatic nitrogens is 2. The van der Waals surface area contributed by atoms with Crippen molar-refractivity contribution in [1.82, 2.24) is 9.55 Å². The third-order valence-corrected chi connectivity index (χ3v) is 3.58. The SMILES string of the molecule is CCOC(=O)c1cn([C@H]2CCOC2)c2ncccc2c1=O. The number of carbonyl (C=O) groups is 1. The van der Waals surface area contributed by atoms with Crippen molar-refractivity contribution in [2.75, 3.05) is 19.8 Å². The third-order valence-electron chi connectivity index (χ3n) is 3.58. The van der Waals surface area contributed by atoms with Crippen LogP contribution in [0.3, 0.4) is 0 Å². The zero-order valence-corrected chi connectivity index (χ0v) is 11.7. The van der Waals surface area contributed by atoms with Gasteiger partial charge in [-0.2, -0.15) is 0 Å². The Kier molecular flexibility index (Phi) is 3.70. The molecule has 0 aromatic carbocycles. The van der Waals surface area contributed by atoms with E-state index in [9.17, 15) is 9.59 Å². The average Bonchev–Trinajstić information content (AvgIpc) is 3.02. The number of nitrogens with zero attached hydrogens (tertiary/aromatic N) is 2. The summed E-state index contributed by atoms with van der Waals surface area (Å²) < 4.78 is 12.2. The van der Waals surface area contributed by atoms with E-state index in [1.807, 2.05) is 4.57 Å². The molecule has 1 aliphatic heterocycles. The summed E-state index contributed by atoms with van der Waals surface area (Å²) in [6.07, 6.45) is 4.02. The first-order valence-electron chi connectivity index (χ1n) is 6.97. The first-order valence-corrected chi connectivity index (χ1v) is 6.97. The Labute approximate surface area is 121 Å². The third kappa shape index (κ3) is 2.42. The predicted molar refractivity (Wildman–Crippen MR) is 76.4 cm³/mol. The van der Waals surface area contributed by atoms with Crippen molar-refractivity contribution in [3.8, 4) is 0 Å². The minimum absolute atomic E-state index is 0.0456. The molecule has 110 valence electrons. The lowest BCUT2D eigenvalue weighted by molar-refractivity contribution is 0.0524. The van der Waals surface area contributed by atoms with Crippen molar-refractivity contribution in [1.29, 1.82) is 0 Å². The Morgan fingerprint density at radius 2 is 2.43 bits per heavy atom. The minimum atomic E-state index is -0.596. The number of ether oxygens (including phenoxy) is 2. The summed E-state index contributed by atoms with van der Waals surface area (Å²) in [5, 5.41) is 0.426. The lowest BCUT2D eigenvalue weighted by atomic mass is 10.1. The van der Waals surface area contributed by atoms with Crippen LogP contribution in [0.1, 0.15) is 29.7 Å². The Balaban J connectivity index is 2.22. The van der Waals surface area contributed by atoms with E-state index in [1.54, 1.807) is 31.5 Å². The van der Waals surface area contributed by atoms with E-state index in [1.165, 1.54) is 0 Å². The molecule has 1 saturated heterocycles. The Morgan fingerprint density at radius 3 is 3.14 bits per heavy atom. The first kappa shape index (κ1) is 13.8. The first-order chi connectivity index (χ1) is 10.2. The zero-order valence-electron chi connectivity index (χ0n) is 11.7. The van der Waals surface area contributed by atoms with E-state index < -0.39 is 5.97 Å². The van der Waals surface area contributed by atoms with E-state index in [0.717, 1.165) is 6.42 Å². The Hall–Kier alpha value is -2.21. The highest BCUT2D eigenvalue weighted by molar-refractivity contribution is 5.93. The van der Waals surface area contributed by atoms with Crippen molar-refractivity contribution in [3.63, 3.8) is 0 Å². The van der Waals surface area contributed by atoms with E-state index in [4.69, 9.17) is 9.47 Å². The van der Waals surface area contributed by atoms with E-state index in [0.29, 0.717) is 24.2 Å². The van der Waals surface area contributed by atoms with Crippen molar-refractivity contribution in [3.05, 3.63) is 40.3 Å². The van der Waals surface area contributed by atoms with E-state index in [-0.39, 0.29) is 23.6 Å². The monoisotopic (exact) mass is 288 g/mol. The van der Waals surface area contributed by atoms with Gasteiger partial charge in [-0.1, -0.05) is 0 Å². The molecule has 21 heavy (non-hydrogen) atoms. The summed E-state index contributed by atoms with van der Waals surface area (Å²) in [4.78, 5) is 28.7. The summed E-state index contributed by atoms with van der Waals surface area (Å²) in [5.74, 6) is -0.596. The van der Waals surface area contributed by atoms with Crippen LogP contribution in [0.25, 0.3) is 11.0 Å². The lowest BCUT2D eigenvalue weighted by Gasteiger charge is -2.16. The van der Waals surface area contributed by atoms with Gasteiger partial charge in [-0.15, -0.1) is 0 Å². The van der Waals surface area contributed by atoms with Gasteiger partial charge < -0.3 is 14.0 Å². The molecule has 6 nitrogen and oxygen atoms in total. The number of hydrogen-bond acceptors (Lipinski definition) is 5. The van der Waals surface area contributed by atoms with Crippen molar-refractivity contribution >= 4 is 17.0 Å². The molecular weight excluding hydrogens is 272 g/mol. The molecule has 0 amide bonds. The van der Waals surface area contributed by atoms with Crippen LogP contribution >= 0.6 is 0 Å². The van der Waals surface area contributed by atoms with Gasteiger partial charge in [0, 0.05) is 19.0 Å². The molecule has 0 aliphatic carbocycles. The molecular formula is C15H16N2O4. The van der Waals surface area contributed by atoms with Gasteiger partial charge in [-0.3, -0.25) is 4.79 Å². The maximum atomic E-state index is 12.4. The second-order valence-corrected chi connectivity index (χ2v) is 4.89. The lowest BCUT2D eigenvalue weighted by Crippen LogP contribution is -2.23. The van der Waals surface area contributed by atoms with E-state index >= 15 is 0 Å². The molecule has 2 aromatic rings. The summed E-state index contributed by atoms with van der Waals surface area (Å²) in [6.45, 7) is 3.16. The molecule has 0 saturated carbocycles. The van der Waals surface area contributed by atoms with Gasteiger partial charge in [-0.25, -0.2) is 9.78 Å². The van der Waals surface area contributed by atoms with Crippen LogP contribution in [0, 0.1) is 0 Å². The number of rotatable bonds is 3. The average molecular weight is 288 g/mol. The molecule has 0 bridgehead atoms. The highest BCUT2D eigenvalue weighted by Gasteiger charge is 2.23. The van der Waals surface area contributed by atoms with Gasteiger partial charge in [0.2, 0.25) is 5.43 Å². The number of esters is 1. The molecule has 3 heterocycles.